The van der Waals surface area contributed by atoms with Gasteiger partial charge in [-0.15, -0.1) is 0 Å². The van der Waals surface area contributed by atoms with Crippen molar-refractivity contribution in [2.75, 3.05) is 5.32 Å². The summed E-state index contributed by atoms with van der Waals surface area (Å²) in [7, 11) is 0. The molecular formula is C14H17N3O2. The fraction of sp³-hybridized carbons (Fsp3) is 0.286. The van der Waals surface area contributed by atoms with Gasteiger partial charge < -0.3 is 15.6 Å². The lowest BCUT2D eigenvalue weighted by atomic mass is 9.99. The van der Waals surface area contributed by atoms with Crippen molar-refractivity contribution < 1.29 is 9.32 Å². The molecule has 1 aromatic heterocycles. The molecule has 0 aliphatic carbocycles. The van der Waals surface area contributed by atoms with Gasteiger partial charge in [-0.05, 0) is 18.1 Å². The molecule has 1 atom stereocenters. The predicted octanol–water partition coefficient (Wildman–Crippen LogP) is 2.58. The largest absolute Gasteiger partial charge is 0.364 e. The van der Waals surface area contributed by atoms with Crippen molar-refractivity contribution in [2.24, 2.45) is 11.7 Å². The topological polar surface area (TPSA) is 81.2 Å². The van der Waals surface area contributed by atoms with Crippen LogP contribution >= 0.6 is 0 Å². The number of amides is 1. The van der Waals surface area contributed by atoms with E-state index in [0.29, 0.717) is 11.3 Å². The van der Waals surface area contributed by atoms with Gasteiger partial charge in [0.25, 0.3) is 5.91 Å². The third-order valence-electron chi connectivity index (χ3n) is 2.91. The molecule has 3 N–H and O–H groups in total. The van der Waals surface area contributed by atoms with Crippen molar-refractivity contribution >= 4 is 11.6 Å². The Morgan fingerprint density at radius 1 is 1.32 bits per heavy atom. The first-order valence-electron chi connectivity index (χ1n) is 6.16. The number of aromatic nitrogens is 1. The molecule has 0 saturated carbocycles. The van der Waals surface area contributed by atoms with Crippen molar-refractivity contribution in [3.05, 3.63) is 47.9 Å². The molecule has 1 amide bonds. The second kappa shape index (κ2) is 5.67. The zero-order chi connectivity index (χ0) is 13.8. The zero-order valence-corrected chi connectivity index (χ0v) is 11.0. The van der Waals surface area contributed by atoms with Gasteiger partial charge in [0, 0.05) is 5.69 Å². The summed E-state index contributed by atoms with van der Waals surface area (Å²) in [5.41, 5.74) is 7.60. The Kier molecular flexibility index (Phi) is 3.97. The van der Waals surface area contributed by atoms with Crippen LogP contribution in [0.15, 0.2) is 41.1 Å². The van der Waals surface area contributed by atoms with Gasteiger partial charge in [0.05, 0.1) is 6.04 Å². The highest BCUT2D eigenvalue weighted by Gasteiger charge is 2.23. The van der Waals surface area contributed by atoms with Crippen LogP contribution in [-0.2, 0) is 0 Å². The van der Waals surface area contributed by atoms with Crippen LogP contribution in [0.3, 0.4) is 0 Å². The molecule has 0 fully saturated rings. The lowest BCUT2D eigenvalue weighted by molar-refractivity contribution is 0.102. The van der Waals surface area contributed by atoms with E-state index in [9.17, 15) is 4.79 Å². The summed E-state index contributed by atoms with van der Waals surface area (Å²) in [5, 5.41) is 6.62. The van der Waals surface area contributed by atoms with Gasteiger partial charge >= 0.3 is 0 Å². The number of anilines is 1. The Morgan fingerprint density at radius 2 is 2.00 bits per heavy atom. The maximum absolute atomic E-state index is 12.2. The van der Waals surface area contributed by atoms with E-state index >= 15 is 0 Å². The predicted molar refractivity (Wildman–Crippen MR) is 72.7 cm³/mol. The summed E-state index contributed by atoms with van der Waals surface area (Å²) in [6.07, 6.45) is 1.33. The summed E-state index contributed by atoms with van der Waals surface area (Å²) < 4.78 is 4.88. The van der Waals surface area contributed by atoms with Gasteiger partial charge in [-0.2, -0.15) is 0 Å². The SMILES string of the molecule is CC(C)C(N)c1nocc1C(=O)Nc1ccccc1. The van der Waals surface area contributed by atoms with Crippen LogP contribution in [0.2, 0.25) is 0 Å². The lowest BCUT2D eigenvalue weighted by Crippen LogP contribution is -2.22. The van der Waals surface area contributed by atoms with E-state index < -0.39 is 0 Å². The van der Waals surface area contributed by atoms with E-state index in [0.717, 1.165) is 5.69 Å². The highest BCUT2D eigenvalue weighted by molar-refractivity contribution is 6.04. The molecule has 0 saturated heterocycles. The molecule has 0 bridgehead atoms. The lowest BCUT2D eigenvalue weighted by Gasteiger charge is -2.13. The number of nitrogens with two attached hydrogens (primary N) is 1. The maximum atomic E-state index is 12.2. The summed E-state index contributed by atoms with van der Waals surface area (Å²) >= 11 is 0. The molecule has 1 unspecified atom stereocenters. The first-order valence-corrected chi connectivity index (χ1v) is 6.16. The summed E-state index contributed by atoms with van der Waals surface area (Å²) in [6.45, 7) is 3.94. The second-order valence-electron chi connectivity index (χ2n) is 4.70. The van der Waals surface area contributed by atoms with Gasteiger partial charge in [0.2, 0.25) is 0 Å². The Labute approximate surface area is 111 Å². The molecule has 0 spiro atoms. The van der Waals surface area contributed by atoms with E-state index in [4.69, 9.17) is 10.3 Å². The van der Waals surface area contributed by atoms with Crippen molar-refractivity contribution in [3.63, 3.8) is 0 Å². The number of nitrogens with zero attached hydrogens (tertiary/aromatic N) is 1. The highest BCUT2D eigenvalue weighted by atomic mass is 16.5. The minimum absolute atomic E-state index is 0.174. The van der Waals surface area contributed by atoms with Crippen LogP contribution in [0.4, 0.5) is 5.69 Å². The van der Waals surface area contributed by atoms with Crippen molar-refractivity contribution in [1.82, 2.24) is 5.16 Å². The number of carbonyl (C=O) groups is 1. The molecule has 2 rings (SSSR count). The average molecular weight is 259 g/mol. The van der Waals surface area contributed by atoms with Gasteiger partial charge in [0.1, 0.15) is 17.5 Å². The number of hydrogen-bond donors (Lipinski definition) is 2. The van der Waals surface area contributed by atoms with Crippen LogP contribution in [0.5, 0.6) is 0 Å². The summed E-state index contributed by atoms with van der Waals surface area (Å²) in [4.78, 5) is 12.2. The smallest absolute Gasteiger partial charge is 0.260 e. The van der Waals surface area contributed by atoms with Gasteiger partial charge in [-0.25, -0.2) is 0 Å². The van der Waals surface area contributed by atoms with Crippen LogP contribution < -0.4 is 11.1 Å². The third kappa shape index (κ3) is 3.00. The molecule has 1 heterocycles. The van der Waals surface area contributed by atoms with E-state index in [1.54, 1.807) is 0 Å². The minimum Gasteiger partial charge on any atom is -0.364 e. The van der Waals surface area contributed by atoms with Crippen LogP contribution in [-0.4, -0.2) is 11.1 Å². The first-order chi connectivity index (χ1) is 9.09. The molecule has 100 valence electrons. The van der Waals surface area contributed by atoms with E-state index in [1.165, 1.54) is 6.26 Å². The van der Waals surface area contributed by atoms with Crippen LogP contribution in [0.1, 0.15) is 35.9 Å². The Morgan fingerprint density at radius 3 is 2.63 bits per heavy atom. The Balaban J connectivity index is 2.19. The second-order valence-corrected chi connectivity index (χ2v) is 4.70. The quantitative estimate of drug-likeness (QED) is 0.884. The van der Waals surface area contributed by atoms with Gasteiger partial charge in [0.15, 0.2) is 0 Å². The van der Waals surface area contributed by atoms with E-state index in [1.807, 2.05) is 44.2 Å². The maximum Gasteiger partial charge on any atom is 0.260 e. The molecule has 1 aromatic carbocycles. The molecule has 0 aliphatic heterocycles. The van der Waals surface area contributed by atoms with Crippen LogP contribution in [0, 0.1) is 5.92 Å². The number of rotatable bonds is 4. The normalized spacial score (nSPS) is 12.4. The zero-order valence-electron chi connectivity index (χ0n) is 11.0. The summed E-state index contributed by atoms with van der Waals surface area (Å²) in [5.74, 6) is -0.0908. The monoisotopic (exact) mass is 259 g/mol. The van der Waals surface area contributed by atoms with Crippen molar-refractivity contribution in [1.29, 1.82) is 0 Å². The summed E-state index contributed by atoms with van der Waals surface area (Å²) in [6, 6.07) is 8.89. The molecular weight excluding hydrogens is 242 g/mol. The molecule has 5 heteroatoms. The van der Waals surface area contributed by atoms with Crippen molar-refractivity contribution in [3.8, 4) is 0 Å². The number of benzene rings is 1. The van der Waals surface area contributed by atoms with Crippen LogP contribution in [0.25, 0.3) is 0 Å². The van der Waals surface area contributed by atoms with Gasteiger partial charge in [-0.1, -0.05) is 37.2 Å². The fourth-order valence-electron chi connectivity index (χ4n) is 1.69. The number of para-hydroxylation sites is 1. The molecule has 19 heavy (non-hydrogen) atoms. The molecule has 0 radical (unpaired) electrons. The third-order valence-corrected chi connectivity index (χ3v) is 2.91. The average Bonchev–Trinajstić information content (AvgIpc) is 2.88. The standard InChI is InChI=1S/C14H17N3O2/c1-9(2)12(15)13-11(8-19-17-13)14(18)16-10-6-4-3-5-7-10/h3-9,12H,15H2,1-2H3,(H,16,18). The number of nitrogens with one attached hydrogen (secondary N) is 1. The van der Waals surface area contributed by atoms with E-state index in [2.05, 4.69) is 10.5 Å². The first kappa shape index (κ1) is 13.3. The number of hydrogen-bond acceptors (Lipinski definition) is 4. The molecule has 0 aliphatic rings. The Bertz CT molecular complexity index is 549. The van der Waals surface area contributed by atoms with E-state index in [-0.39, 0.29) is 17.9 Å². The molecule has 5 nitrogen and oxygen atoms in total. The minimum atomic E-state index is -0.324. The highest BCUT2D eigenvalue weighted by Crippen LogP contribution is 2.22. The Hall–Kier alpha value is -2.14. The molecule has 2 aromatic rings. The van der Waals surface area contributed by atoms with Gasteiger partial charge in [-0.3, -0.25) is 4.79 Å². The number of carbonyl (C=O) groups excluding carboxylic acids is 1. The fourth-order valence-corrected chi connectivity index (χ4v) is 1.69. The van der Waals surface area contributed by atoms with Crippen molar-refractivity contribution in [2.45, 2.75) is 19.9 Å².